The number of nitrogens with zero attached hydrogens (tertiary/aromatic N) is 2. The molecule has 2 heterocycles. The van der Waals surface area contributed by atoms with Crippen molar-refractivity contribution in [2.75, 3.05) is 29.9 Å². The number of hydrogen-bond donors (Lipinski definition) is 1. The van der Waals surface area contributed by atoms with Crippen molar-refractivity contribution in [3.05, 3.63) is 52.0 Å². The molecule has 2 aliphatic heterocycles. The Hall–Kier alpha value is -2.23. The number of benzene rings is 2. The number of carbonyl (C=O) groups is 2. The van der Waals surface area contributed by atoms with Gasteiger partial charge in [-0.2, -0.15) is 4.31 Å². The van der Waals surface area contributed by atoms with Crippen molar-refractivity contribution in [1.29, 1.82) is 0 Å². The van der Waals surface area contributed by atoms with Crippen molar-refractivity contribution in [1.82, 2.24) is 4.31 Å². The van der Waals surface area contributed by atoms with Crippen LogP contribution in [0.25, 0.3) is 0 Å². The zero-order chi connectivity index (χ0) is 23.8. The van der Waals surface area contributed by atoms with E-state index in [1.165, 1.54) is 11.2 Å². The summed E-state index contributed by atoms with van der Waals surface area (Å²) in [7, 11) is -3.74. The van der Waals surface area contributed by atoms with Crippen molar-refractivity contribution >= 4 is 49.1 Å². The van der Waals surface area contributed by atoms with Crippen molar-refractivity contribution in [2.45, 2.75) is 44.4 Å². The van der Waals surface area contributed by atoms with Crippen LogP contribution in [0.3, 0.4) is 0 Å². The average Bonchev–Trinajstić information content (AvgIpc) is 2.80. The second kappa shape index (κ2) is 9.56. The fourth-order valence-corrected chi connectivity index (χ4v) is 6.37. The Morgan fingerprint density at radius 1 is 1.09 bits per heavy atom. The molecule has 0 radical (unpaired) electrons. The fraction of sp³-hybridized carbons (Fsp3) is 0.417. The number of halogens is 1. The molecule has 2 aliphatic rings. The van der Waals surface area contributed by atoms with Crippen LogP contribution in [-0.4, -0.2) is 44.2 Å². The van der Waals surface area contributed by atoms with Gasteiger partial charge in [-0.15, -0.1) is 0 Å². The van der Waals surface area contributed by atoms with Gasteiger partial charge in [0.15, 0.2) is 0 Å². The summed E-state index contributed by atoms with van der Waals surface area (Å²) in [5.41, 5.74) is 3.37. The maximum Gasteiger partial charge on any atom is 0.243 e. The third kappa shape index (κ3) is 5.00. The van der Waals surface area contributed by atoms with Crippen LogP contribution in [-0.2, 0) is 26.0 Å². The van der Waals surface area contributed by atoms with Crippen molar-refractivity contribution in [3.63, 3.8) is 0 Å². The second-order valence-corrected chi connectivity index (χ2v) is 11.5. The zero-order valence-electron chi connectivity index (χ0n) is 18.8. The van der Waals surface area contributed by atoms with Gasteiger partial charge in [0.05, 0.1) is 10.8 Å². The lowest BCUT2D eigenvalue weighted by molar-refractivity contribution is -0.121. The van der Waals surface area contributed by atoms with Crippen molar-refractivity contribution in [2.24, 2.45) is 5.92 Å². The molecule has 176 valence electrons. The van der Waals surface area contributed by atoms with Crippen LogP contribution < -0.4 is 10.2 Å². The number of aryl methyl sites for hydroxylation is 2. The molecule has 1 atom stereocenters. The lowest BCUT2D eigenvalue weighted by atomic mass is 9.98. The van der Waals surface area contributed by atoms with Gasteiger partial charge in [0, 0.05) is 42.4 Å². The van der Waals surface area contributed by atoms with Crippen LogP contribution in [0, 0.1) is 12.8 Å². The molecule has 7 nitrogen and oxygen atoms in total. The van der Waals surface area contributed by atoms with Gasteiger partial charge in [0.2, 0.25) is 21.8 Å². The zero-order valence-corrected chi connectivity index (χ0v) is 21.2. The molecule has 4 rings (SSSR count). The largest absolute Gasteiger partial charge is 0.326 e. The highest BCUT2D eigenvalue weighted by molar-refractivity contribution is 9.10. The summed E-state index contributed by atoms with van der Waals surface area (Å²) in [6.07, 6.45) is 2.81. The topological polar surface area (TPSA) is 86.8 Å². The minimum absolute atomic E-state index is 0.0441. The van der Waals surface area contributed by atoms with Crippen LogP contribution in [0.5, 0.6) is 0 Å². The molecule has 1 fully saturated rings. The Morgan fingerprint density at radius 3 is 2.61 bits per heavy atom. The van der Waals surface area contributed by atoms with Gasteiger partial charge in [-0.1, -0.05) is 15.9 Å². The molecule has 9 heteroatoms. The van der Waals surface area contributed by atoms with Gasteiger partial charge in [0.1, 0.15) is 0 Å². The quantitative estimate of drug-likeness (QED) is 0.640. The average molecular weight is 534 g/mol. The minimum Gasteiger partial charge on any atom is -0.326 e. The van der Waals surface area contributed by atoms with Crippen LogP contribution in [0.2, 0.25) is 0 Å². The van der Waals surface area contributed by atoms with Crippen LogP contribution >= 0.6 is 15.9 Å². The van der Waals surface area contributed by atoms with E-state index >= 15 is 0 Å². The fourth-order valence-electron chi connectivity index (χ4n) is 4.55. The van der Waals surface area contributed by atoms with E-state index in [0.29, 0.717) is 31.6 Å². The number of anilines is 2. The number of piperidine rings is 1. The highest BCUT2D eigenvalue weighted by Gasteiger charge is 2.34. The Labute approximate surface area is 203 Å². The van der Waals surface area contributed by atoms with E-state index in [-0.39, 0.29) is 23.3 Å². The number of sulfonamides is 1. The molecule has 2 aromatic rings. The van der Waals surface area contributed by atoms with Crippen molar-refractivity contribution in [3.8, 4) is 0 Å². The summed E-state index contributed by atoms with van der Waals surface area (Å²) in [6.45, 7) is 4.66. The number of hydrogen-bond acceptors (Lipinski definition) is 4. The minimum atomic E-state index is -3.74. The molecular weight excluding hydrogens is 506 g/mol. The molecule has 1 N–H and O–H groups in total. The number of fused-ring (bicyclic) bond motifs is 1. The molecule has 0 bridgehead atoms. The van der Waals surface area contributed by atoms with E-state index in [9.17, 15) is 18.0 Å². The molecule has 2 amide bonds. The monoisotopic (exact) mass is 533 g/mol. The van der Waals surface area contributed by atoms with E-state index in [1.807, 2.05) is 25.1 Å². The Balaban J connectivity index is 1.51. The third-order valence-corrected chi connectivity index (χ3v) is 9.12. The SMILES string of the molecule is CC(=O)N1CCCc2cc(S(=O)(=O)N3CCC[C@@H](C(=O)Nc4ccc(Br)c(C)c4)C3)ccc21. The lowest BCUT2D eigenvalue weighted by Gasteiger charge is -2.32. The molecule has 0 aliphatic carbocycles. The molecule has 0 unspecified atom stereocenters. The predicted molar refractivity (Wildman–Crippen MR) is 132 cm³/mol. The summed E-state index contributed by atoms with van der Waals surface area (Å²) < 4.78 is 29.2. The van der Waals surface area contributed by atoms with Gasteiger partial charge in [-0.25, -0.2) is 8.42 Å². The number of nitrogens with one attached hydrogen (secondary N) is 1. The van der Waals surface area contributed by atoms with Crippen LogP contribution in [0.15, 0.2) is 45.8 Å². The summed E-state index contributed by atoms with van der Waals surface area (Å²) in [5, 5.41) is 2.93. The summed E-state index contributed by atoms with van der Waals surface area (Å²) in [4.78, 5) is 26.7. The van der Waals surface area contributed by atoms with Gasteiger partial charge >= 0.3 is 0 Å². The number of carbonyl (C=O) groups excluding carboxylic acids is 2. The highest BCUT2D eigenvalue weighted by Crippen LogP contribution is 2.32. The first kappa shape index (κ1) is 23.9. The maximum absolute atomic E-state index is 13.4. The van der Waals surface area contributed by atoms with Crippen LogP contribution in [0.4, 0.5) is 11.4 Å². The smallest absolute Gasteiger partial charge is 0.243 e. The summed E-state index contributed by atoms with van der Waals surface area (Å²) in [5.74, 6) is -0.625. The number of amides is 2. The standard InChI is InChI=1S/C24H28BrN3O4S/c1-16-13-20(7-9-22(16)25)26-24(30)19-6-3-11-27(15-19)33(31,32)21-8-10-23-18(14-21)5-4-12-28(23)17(2)29/h7-10,13-14,19H,3-6,11-12,15H2,1-2H3,(H,26,30)/t19-/m1/s1. The third-order valence-electron chi connectivity index (χ3n) is 6.37. The van der Waals surface area contributed by atoms with E-state index in [1.54, 1.807) is 23.1 Å². The van der Waals surface area contributed by atoms with E-state index < -0.39 is 15.9 Å². The molecule has 1 saturated heterocycles. The van der Waals surface area contributed by atoms with Gasteiger partial charge in [-0.05, 0) is 80.1 Å². The normalized spacial score (nSPS) is 19.1. The molecule has 0 saturated carbocycles. The number of rotatable bonds is 4. The molecule has 33 heavy (non-hydrogen) atoms. The molecule has 0 spiro atoms. The first-order chi connectivity index (χ1) is 15.7. The Bertz CT molecular complexity index is 1200. The lowest BCUT2D eigenvalue weighted by Crippen LogP contribution is -2.43. The van der Waals surface area contributed by atoms with Crippen molar-refractivity contribution < 1.29 is 18.0 Å². The first-order valence-corrected chi connectivity index (χ1v) is 13.4. The predicted octanol–water partition coefficient (Wildman–Crippen LogP) is 4.10. The highest BCUT2D eigenvalue weighted by atomic mass is 79.9. The maximum atomic E-state index is 13.4. The van der Waals surface area contributed by atoms with Gasteiger partial charge in [-0.3, -0.25) is 9.59 Å². The summed E-state index contributed by atoms with van der Waals surface area (Å²) >= 11 is 3.45. The Kier molecular flexibility index (Phi) is 6.93. The van der Waals surface area contributed by atoms with E-state index in [2.05, 4.69) is 21.2 Å². The first-order valence-electron chi connectivity index (χ1n) is 11.1. The summed E-state index contributed by atoms with van der Waals surface area (Å²) in [6, 6.07) is 10.6. The second-order valence-electron chi connectivity index (χ2n) is 8.72. The van der Waals surface area contributed by atoms with Crippen LogP contribution in [0.1, 0.15) is 37.3 Å². The molecule has 2 aromatic carbocycles. The molecule has 0 aromatic heterocycles. The van der Waals surface area contributed by atoms with E-state index in [0.717, 1.165) is 34.1 Å². The van der Waals surface area contributed by atoms with Gasteiger partial charge < -0.3 is 10.2 Å². The molecular formula is C24H28BrN3O4S. The Morgan fingerprint density at radius 2 is 1.88 bits per heavy atom. The van der Waals surface area contributed by atoms with Gasteiger partial charge in [0.25, 0.3) is 0 Å². The van der Waals surface area contributed by atoms with E-state index in [4.69, 9.17) is 0 Å².